The molecule has 1 unspecified atom stereocenters. The lowest BCUT2D eigenvalue weighted by Crippen LogP contribution is -2.21. The van der Waals surface area contributed by atoms with Crippen molar-refractivity contribution in [2.24, 2.45) is 0 Å². The molecule has 4 heteroatoms. The Kier molecular flexibility index (Phi) is 6.42. The maximum Gasteiger partial charge on any atom is 0.0950 e. The first-order chi connectivity index (χ1) is 7.77. The van der Waals surface area contributed by atoms with Crippen LogP contribution in [0.3, 0.4) is 0 Å². The molecule has 90 valence electrons. The minimum absolute atomic E-state index is 0.0128. The Morgan fingerprint density at radius 2 is 2.19 bits per heavy atom. The molecule has 0 amide bonds. The number of benzene rings is 1. The highest BCUT2D eigenvalue weighted by Crippen LogP contribution is 2.20. The van der Waals surface area contributed by atoms with E-state index in [9.17, 15) is 0 Å². The Balaban J connectivity index is 2.61. The summed E-state index contributed by atoms with van der Waals surface area (Å²) in [4.78, 5) is 0. The summed E-state index contributed by atoms with van der Waals surface area (Å²) >= 11 is 5.95. The number of halogens is 1. The third-order valence-corrected chi connectivity index (χ3v) is 2.45. The smallest absolute Gasteiger partial charge is 0.0950 e. The summed E-state index contributed by atoms with van der Waals surface area (Å²) in [6.07, 6.45) is 0.0128. The molecule has 1 rings (SSSR count). The van der Waals surface area contributed by atoms with Crippen LogP contribution in [0.2, 0.25) is 5.02 Å². The van der Waals surface area contributed by atoms with E-state index in [1.54, 1.807) is 7.11 Å². The maximum absolute atomic E-state index is 5.95. The molecule has 0 spiro atoms. The minimum Gasteiger partial charge on any atom is -0.382 e. The lowest BCUT2D eigenvalue weighted by atomic mass is 10.1. The van der Waals surface area contributed by atoms with Crippen LogP contribution >= 0.6 is 11.6 Å². The van der Waals surface area contributed by atoms with Crippen LogP contribution in [0.5, 0.6) is 0 Å². The molecule has 1 N–H and O–H groups in total. The van der Waals surface area contributed by atoms with E-state index in [0.29, 0.717) is 13.2 Å². The van der Waals surface area contributed by atoms with E-state index in [4.69, 9.17) is 21.1 Å². The maximum atomic E-state index is 5.95. The summed E-state index contributed by atoms with van der Waals surface area (Å²) in [7, 11) is 3.56. The molecule has 0 aromatic heterocycles. The average molecular weight is 244 g/mol. The van der Waals surface area contributed by atoms with Crippen molar-refractivity contribution in [1.29, 1.82) is 0 Å². The van der Waals surface area contributed by atoms with Gasteiger partial charge in [-0.15, -0.1) is 0 Å². The summed E-state index contributed by atoms with van der Waals surface area (Å²) < 4.78 is 10.7. The monoisotopic (exact) mass is 243 g/mol. The van der Waals surface area contributed by atoms with Crippen LogP contribution in [-0.4, -0.2) is 33.9 Å². The van der Waals surface area contributed by atoms with E-state index < -0.39 is 0 Å². The van der Waals surface area contributed by atoms with Gasteiger partial charge < -0.3 is 14.8 Å². The minimum atomic E-state index is 0.0128. The Labute approximate surface area is 102 Å². The van der Waals surface area contributed by atoms with Crippen molar-refractivity contribution < 1.29 is 9.47 Å². The van der Waals surface area contributed by atoms with Gasteiger partial charge in [-0.3, -0.25) is 0 Å². The zero-order chi connectivity index (χ0) is 11.8. The molecule has 0 radical (unpaired) electrons. The Morgan fingerprint density at radius 3 is 2.81 bits per heavy atom. The normalized spacial score (nSPS) is 12.7. The molecule has 0 saturated heterocycles. The van der Waals surface area contributed by atoms with E-state index in [2.05, 4.69) is 5.32 Å². The lowest BCUT2D eigenvalue weighted by Gasteiger charge is -2.18. The molecular weight excluding hydrogens is 226 g/mol. The molecule has 1 aromatic rings. The predicted octanol–water partition coefficient (Wildman–Crippen LogP) is 2.26. The van der Waals surface area contributed by atoms with E-state index >= 15 is 0 Å². The fraction of sp³-hybridized carbons (Fsp3) is 0.500. The van der Waals surface area contributed by atoms with Crippen LogP contribution in [0.1, 0.15) is 11.7 Å². The fourth-order valence-corrected chi connectivity index (χ4v) is 1.64. The van der Waals surface area contributed by atoms with Gasteiger partial charge in [0, 0.05) is 18.7 Å². The molecule has 3 nitrogen and oxygen atoms in total. The summed E-state index contributed by atoms with van der Waals surface area (Å²) in [5, 5.41) is 3.83. The summed E-state index contributed by atoms with van der Waals surface area (Å²) in [5.41, 5.74) is 1.08. The van der Waals surface area contributed by atoms with Gasteiger partial charge in [0.05, 0.1) is 19.3 Å². The van der Waals surface area contributed by atoms with Crippen molar-refractivity contribution in [3.8, 4) is 0 Å². The van der Waals surface area contributed by atoms with Crippen molar-refractivity contribution in [2.75, 3.05) is 33.9 Å². The molecule has 0 aliphatic carbocycles. The highest BCUT2D eigenvalue weighted by molar-refractivity contribution is 6.30. The number of hydrogen-bond acceptors (Lipinski definition) is 3. The van der Waals surface area contributed by atoms with Gasteiger partial charge >= 0.3 is 0 Å². The number of hydrogen-bond donors (Lipinski definition) is 1. The fourth-order valence-electron chi connectivity index (χ4n) is 1.44. The standard InChI is InChI=1S/C12H18ClNO2/c1-14-9-12(16-7-6-15-2)10-4-3-5-11(13)8-10/h3-5,8,12,14H,6-7,9H2,1-2H3. The van der Waals surface area contributed by atoms with Gasteiger partial charge in [0.1, 0.15) is 0 Å². The number of rotatable bonds is 7. The largest absolute Gasteiger partial charge is 0.382 e. The van der Waals surface area contributed by atoms with Gasteiger partial charge in [-0.1, -0.05) is 23.7 Å². The van der Waals surface area contributed by atoms with Crippen molar-refractivity contribution in [1.82, 2.24) is 5.32 Å². The first-order valence-electron chi connectivity index (χ1n) is 5.28. The topological polar surface area (TPSA) is 30.5 Å². The van der Waals surface area contributed by atoms with Crippen LogP contribution in [0.25, 0.3) is 0 Å². The second kappa shape index (κ2) is 7.63. The third-order valence-electron chi connectivity index (χ3n) is 2.22. The molecule has 1 aromatic carbocycles. The SMILES string of the molecule is CNCC(OCCOC)c1cccc(Cl)c1. The highest BCUT2D eigenvalue weighted by Gasteiger charge is 2.11. The number of methoxy groups -OCH3 is 1. The molecule has 0 heterocycles. The number of likely N-dealkylation sites (N-methyl/N-ethyl adjacent to an activating group) is 1. The van der Waals surface area contributed by atoms with Gasteiger partial charge in [-0.05, 0) is 24.7 Å². The van der Waals surface area contributed by atoms with Crippen molar-refractivity contribution >= 4 is 11.6 Å². The third kappa shape index (κ3) is 4.49. The zero-order valence-corrected chi connectivity index (χ0v) is 10.5. The Morgan fingerprint density at radius 1 is 1.38 bits per heavy atom. The first kappa shape index (κ1) is 13.5. The van der Waals surface area contributed by atoms with Crippen LogP contribution in [0.4, 0.5) is 0 Å². The van der Waals surface area contributed by atoms with E-state index in [0.717, 1.165) is 17.1 Å². The van der Waals surface area contributed by atoms with Gasteiger partial charge in [0.2, 0.25) is 0 Å². The summed E-state index contributed by atoms with van der Waals surface area (Å²) in [5.74, 6) is 0. The quantitative estimate of drug-likeness (QED) is 0.746. The van der Waals surface area contributed by atoms with Crippen LogP contribution < -0.4 is 5.32 Å². The molecule has 1 atom stereocenters. The van der Waals surface area contributed by atoms with Gasteiger partial charge in [0.25, 0.3) is 0 Å². The molecular formula is C12H18ClNO2. The molecule has 0 aliphatic rings. The van der Waals surface area contributed by atoms with Gasteiger partial charge in [-0.25, -0.2) is 0 Å². The summed E-state index contributed by atoms with van der Waals surface area (Å²) in [6, 6.07) is 7.73. The first-order valence-corrected chi connectivity index (χ1v) is 5.66. The van der Waals surface area contributed by atoms with E-state index in [-0.39, 0.29) is 6.10 Å². The molecule has 0 bridgehead atoms. The van der Waals surface area contributed by atoms with Gasteiger partial charge in [-0.2, -0.15) is 0 Å². The van der Waals surface area contributed by atoms with Crippen molar-refractivity contribution in [3.05, 3.63) is 34.9 Å². The highest BCUT2D eigenvalue weighted by atomic mass is 35.5. The molecule has 0 aliphatic heterocycles. The molecule has 0 saturated carbocycles. The van der Waals surface area contributed by atoms with Crippen LogP contribution in [0.15, 0.2) is 24.3 Å². The number of ether oxygens (including phenoxy) is 2. The Hall–Kier alpha value is -0.610. The van der Waals surface area contributed by atoms with E-state index in [1.165, 1.54) is 0 Å². The Bertz CT molecular complexity index is 307. The van der Waals surface area contributed by atoms with Crippen LogP contribution in [0, 0.1) is 0 Å². The second-order valence-corrected chi connectivity index (χ2v) is 3.90. The van der Waals surface area contributed by atoms with E-state index in [1.807, 2.05) is 31.3 Å². The zero-order valence-electron chi connectivity index (χ0n) is 9.70. The molecule has 0 fully saturated rings. The second-order valence-electron chi connectivity index (χ2n) is 3.46. The lowest BCUT2D eigenvalue weighted by molar-refractivity contribution is 0.0175. The van der Waals surface area contributed by atoms with Crippen LogP contribution in [-0.2, 0) is 9.47 Å². The summed E-state index contributed by atoms with van der Waals surface area (Å²) in [6.45, 7) is 1.93. The predicted molar refractivity (Wildman–Crippen MR) is 65.9 cm³/mol. The number of nitrogens with one attached hydrogen (secondary N) is 1. The van der Waals surface area contributed by atoms with Crippen molar-refractivity contribution in [2.45, 2.75) is 6.10 Å². The molecule has 16 heavy (non-hydrogen) atoms. The average Bonchev–Trinajstić information content (AvgIpc) is 2.28. The van der Waals surface area contributed by atoms with Gasteiger partial charge in [0.15, 0.2) is 0 Å². The van der Waals surface area contributed by atoms with Crippen molar-refractivity contribution in [3.63, 3.8) is 0 Å².